The van der Waals surface area contributed by atoms with Crippen molar-refractivity contribution in [2.24, 2.45) is 57.7 Å². The fourth-order valence-electron chi connectivity index (χ4n) is 19.6. The fourth-order valence-corrected chi connectivity index (χ4v) is 20.5. The molecule has 8 heterocycles. The lowest BCUT2D eigenvalue weighted by Gasteiger charge is -2.56. The number of carbonyl (C=O) groups is 3. The number of fused-ring (bicyclic) bond motifs is 13. The van der Waals surface area contributed by atoms with Crippen LogP contribution in [0.3, 0.4) is 0 Å². The van der Waals surface area contributed by atoms with Crippen LogP contribution in [0.5, 0.6) is 0 Å². The highest BCUT2D eigenvalue weighted by Crippen LogP contribution is 2.66. The van der Waals surface area contributed by atoms with Crippen LogP contribution in [0.25, 0.3) is 43.6 Å². The van der Waals surface area contributed by atoms with Crippen molar-refractivity contribution in [1.29, 1.82) is 0 Å². The normalized spacial score (nSPS) is 27.9. The third-order valence-corrected chi connectivity index (χ3v) is 26.4. The Labute approximate surface area is 614 Å². The lowest BCUT2D eigenvalue weighted by atomic mass is 9.50. The van der Waals surface area contributed by atoms with Gasteiger partial charge in [-0.1, -0.05) is 60.3 Å². The number of likely N-dealkylation sites (tertiary alicyclic amines) is 2. The second kappa shape index (κ2) is 28.3. The molecule has 4 aromatic carbocycles. The summed E-state index contributed by atoms with van der Waals surface area (Å²) < 4.78 is 119. The molecular weight excluding hydrogens is 1450 g/mol. The smallest absolute Gasteiger partial charge is 0.281 e. The summed E-state index contributed by atoms with van der Waals surface area (Å²) in [4.78, 5) is 40.6. The maximum absolute atomic E-state index is 15.4. The summed E-state index contributed by atoms with van der Waals surface area (Å²) >= 11 is 24.1. The molecule has 8 bridgehead atoms. The van der Waals surface area contributed by atoms with E-state index in [1.165, 1.54) is 56.7 Å². The first-order valence-corrected chi connectivity index (χ1v) is 37.0. The van der Waals surface area contributed by atoms with Crippen LogP contribution in [-0.2, 0) is 14.4 Å². The third kappa shape index (κ3) is 13.4. The standard InChI is InChI=1S/C20H25ClFN3O2.C18H20ClF3N2O.2C18H20ClF2N3O2/c1-10(26)25-13-4-5-14(25)8-12(7-13)20(2,3)19(27)16-17(22)15(21)6-11-9-23-24-18(11)16;1-16(21,22)18-5-2-17(3-6-18,4-7-18)15(25)12-13(20)11(19)8-10-9-23-24-14(10)12;2*1-9(25)24-7-10-2-3-11(8-24)15(10)18(20,21)17(26)14-5-13(19)4-12-6-22-23-16(12)14/h6,9,12-14,19,27H,4-5,7-8H2,1-3H3,(H,23,24);8-9,15,25H,2-7H2,1H3,(H,23,24);2*4-6,10-11,15,17,26H,2-3,7-8H2,1H3,(H,22,23)/t;;2*10-,11+,15?,17?. The molecule has 8 unspecified atom stereocenters. The molecule has 0 radical (unpaired) electrons. The number of nitrogens with one attached hydrogen (secondary N) is 4. The number of aliphatic hydroxyl groups is 4. The summed E-state index contributed by atoms with van der Waals surface area (Å²) in [5.74, 6) is -13.6. The molecule has 3 amide bonds. The van der Waals surface area contributed by atoms with Crippen molar-refractivity contribution in [3.8, 4) is 0 Å². The first-order valence-electron chi connectivity index (χ1n) is 35.5. The predicted octanol–water partition coefficient (Wildman–Crippen LogP) is 16.4. The highest BCUT2D eigenvalue weighted by molar-refractivity contribution is 6.32. The number of piperidine rings is 3. The number of aromatic amines is 4. The van der Waals surface area contributed by atoms with E-state index in [1.807, 2.05) is 18.7 Å². The Morgan fingerprint density at radius 3 is 1.22 bits per heavy atom. The van der Waals surface area contributed by atoms with Crippen molar-refractivity contribution in [2.75, 3.05) is 26.2 Å². The number of rotatable bonds is 12. The molecule has 562 valence electrons. The van der Waals surface area contributed by atoms with Gasteiger partial charge in [-0.3, -0.25) is 34.8 Å². The van der Waals surface area contributed by atoms with Gasteiger partial charge in [0.2, 0.25) is 17.7 Å². The molecule has 0 spiro atoms. The Bertz CT molecular complexity index is 4360. The average Bonchev–Trinajstić information content (AvgIpc) is 0.763. The first kappa shape index (κ1) is 75.8. The van der Waals surface area contributed by atoms with E-state index in [9.17, 15) is 52.4 Å². The molecule has 104 heavy (non-hydrogen) atoms. The second-order valence-electron chi connectivity index (χ2n) is 31.4. The van der Waals surface area contributed by atoms with E-state index < -0.39 is 81.9 Å². The highest BCUT2D eigenvalue weighted by Gasteiger charge is 2.63. The number of benzene rings is 4. The number of nitrogens with zero attached hydrogens (tertiary/aromatic N) is 7. The van der Waals surface area contributed by atoms with Crippen LogP contribution in [0.4, 0.5) is 35.1 Å². The van der Waals surface area contributed by atoms with Gasteiger partial charge >= 0.3 is 0 Å². The van der Waals surface area contributed by atoms with Crippen molar-refractivity contribution in [3.63, 3.8) is 0 Å². The van der Waals surface area contributed by atoms with E-state index in [1.54, 1.807) is 35.1 Å². The Hall–Kier alpha value is -6.39. The summed E-state index contributed by atoms with van der Waals surface area (Å²) in [6, 6.07) is 9.38. The van der Waals surface area contributed by atoms with Gasteiger partial charge in [-0.25, -0.2) is 35.1 Å². The summed E-state index contributed by atoms with van der Waals surface area (Å²) in [5, 5.41) is 73.1. The summed E-state index contributed by atoms with van der Waals surface area (Å²) in [6.07, 6.45) is 8.66. The molecule has 4 aromatic heterocycles. The molecule has 8 aromatic rings. The Morgan fingerprint density at radius 1 is 0.500 bits per heavy atom. The van der Waals surface area contributed by atoms with E-state index in [0.29, 0.717) is 134 Å². The molecule has 4 aliphatic heterocycles. The van der Waals surface area contributed by atoms with E-state index in [0.717, 1.165) is 32.6 Å². The number of alkyl halides is 6. The van der Waals surface area contributed by atoms with Gasteiger partial charge in [0.15, 0.2) is 0 Å². The maximum atomic E-state index is 15.4. The lowest BCUT2D eigenvalue weighted by Crippen LogP contribution is -2.51. The molecule has 5 aliphatic carbocycles. The third-order valence-electron chi connectivity index (χ3n) is 25.4. The van der Waals surface area contributed by atoms with Crippen molar-refractivity contribution < 1.29 is 69.9 Å². The van der Waals surface area contributed by atoms with Crippen LogP contribution >= 0.6 is 46.4 Å². The lowest BCUT2D eigenvalue weighted by molar-refractivity contribution is -0.191. The van der Waals surface area contributed by atoms with Crippen molar-refractivity contribution >= 4 is 108 Å². The minimum Gasteiger partial charge on any atom is -0.388 e. The minimum absolute atomic E-state index is 0.0137. The first-order chi connectivity index (χ1) is 49.0. The Kier molecular flexibility index (Phi) is 20.6. The number of amides is 3. The zero-order chi connectivity index (χ0) is 74.8. The van der Waals surface area contributed by atoms with Crippen LogP contribution in [0.2, 0.25) is 20.1 Å². The zero-order valence-corrected chi connectivity index (χ0v) is 61.2. The molecule has 8 N–H and O–H groups in total. The van der Waals surface area contributed by atoms with Crippen LogP contribution < -0.4 is 0 Å². The van der Waals surface area contributed by atoms with Crippen LogP contribution in [0.15, 0.2) is 61.2 Å². The molecule has 17 rings (SSSR count). The van der Waals surface area contributed by atoms with Crippen molar-refractivity contribution in [2.45, 2.75) is 186 Å². The average molecular weight is 1530 g/mol. The van der Waals surface area contributed by atoms with Crippen LogP contribution in [-0.4, -0.2) is 150 Å². The maximum Gasteiger partial charge on any atom is 0.281 e. The quantitative estimate of drug-likeness (QED) is 0.0534. The van der Waals surface area contributed by atoms with E-state index in [-0.39, 0.29) is 102 Å². The topological polar surface area (TPSA) is 257 Å². The molecule has 4 saturated heterocycles. The Balaban J connectivity index is 0.000000123. The van der Waals surface area contributed by atoms with Gasteiger partial charge in [0, 0.05) is 136 Å². The zero-order valence-electron chi connectivity index (χ0n) is 58.2. The summed E-state index contributed by atoms with van der Waals surface area (Å²) in [7, 11) is 0. The second-order valence-corrected chi connectivity index (χ2v) is 33.1. The molecule has 5 saturated carbocycles. The van der Waals surface area contributed by atoms with Crippen molar-refractivity contribution in [3.05, 3.63) is 115 Å². The van der Waals surface area contributed by atoms with Gasteiger partial charge in [-0.15, -0.1) is 0 Å². The van der Waals surface area contributed by atoms with Gasteiger partial charge in [-0.2, -0.15) is 20.4 Å². The van der Waals surface area contributed by atoms with Gasteiger partial charge in [0.25, 0.3) is 17.8 Å². The number of carbonyl (C=O) groups excluding carboxylic acids is 3. The Morgan fingerprint density at radius 2 is 0.856 bits per heavy atom. The molecular formula is C74H85Cl4F8N11O7. The highest BCUT2D eigenvalue weighted by atomic mass is 35.5. The summed E-state index contributed by atoms with van der Waals surface area (Å²) in [6.45, 7) is 10.8. The van der Waals surface area contributed by atoms with Gasteiger partial charge in [0.1, 0.15) is 23.8 Å². The molecule has 9 aliphatic rings. The van der Waals surface area contributed by atoms with E-state index in [4.69, 9.17) is 46.4 Å². The van der Waals surface area contributed by atoms with Crippen LogP contribution in [0.1, 0.15) is 178 Å². The molecule has 12 atom stereocenters. The van der Waals surface area contributed by atoms with Gasteiger partial charge in [0.05, 0.1) is 69.1 Å². The number of hydrogen-bond donors (Lipinski definition) is 8. The van der Waals surface area contributed by atoms with Crippen molar-refractivity contribution in [1.82, 2.24) is 55.5 Å². The monoisotopic (exact) mass is 1530 g/mol. The fraction of sp³-hybridized carbons (Fsp3) is 0.581. The number of H-pyrrole nitrogens is 4. The van der Waals surface area contributed by atoms with Gasteiger partial charge < -0.3 is 35.1 Å². The van der Waals surface area contributed by atoms with Gasteiger partial charge in [-0.05, 0) is 168 Å². The van der Waals surface area contributed by atoms with Crippen LogP contribution in [0, 0.1) is 69.3 Å². The molecule has 30 heteroatoms. The predicted molar refractivity (Wildman–Crippen MR) is 377 cm³/mol. The number of aliphatic hydroxyl groups excluding tert-OH is 4. The molecule has 9 fully saturated rings. The van der Waals surface area contributed by atoms with E-state index in [2.05, 4.69) is 40.8 Å². The summed E-state index contributed by atoms with van der Waals surface area (Å²) in [5.41, 5.74) is -0.0845. The number of hydrogen-bond acceptors (Lipinski definition) is 11. The van der Waals surface area contributed by atoms with E-state index >= 15 is 17.6 Å². The minimum atomic E-state index is -3.32. The number of halogens is 12. The number of aromatic nitrogens is 8. The SMILES string of the molecule is CC(=O)N1C2CCC1CC(C(C)(C)C(O)c1c(F)c(Cl)cc3cn[nH]c13)C2.CC(=O)N1C[C@H]2CC[C@@H](C1)C2C(F)(F)C(O)c1cc(Cl)cc2cn[nH]c12.CC(=O)N1C[C@H]2CC[C@@H](C1)C2C(F)(F)C(O)c1cc(Cl)cc2cn[nH]c12.CC(F)(F)C12CCC(C(O)c3c(F)c(Cl)cc4cn[nH]c34)(CC1)CC2. The largest absolute Gasteiger partial charge is 0.388 e. The molecule has 18 nitrogen and oxygen atoms in total.